The molecular formula is C13H16N2O2. The largest absolute Gasteiger partial charge is 0.413 e. The summed E-state index contributed by atoms with van der Waals surface area (Å²) in [5, 5.41) is 10.6. The SMILES string of the molecule is CC(C)(C)c1cccc(OC(=O)NCC#N)c1. The van der Waals surface area contributed by atoms with Crippen LogP contribution in [0.3, 0.4) is 0 Å². The first-order valence-electron chi connectivity index (χ1n) is 5.36. The molecule has 0 bridgehead atoms. The molecule has 1 aromatic rings. The second-order valence-corrected chi connectivity index (χ2v) is 4.68. The number of nitrogens with zero attached hydrogens (tertiary/aromatic N) is 1. The zero-order valence-corrected chi connectivity index (χ0v) is 10.3. The average Bonchev–Trinajstić information content (AvgIpc) is 2.25. The lowest BCUT2D eigenvalue weighted by atomic mass is 9.87. The molecule has 0 saturated carbocycles. The van der Waals surface area contributed by atoms with E-state index in [1.54, 1.807) is 6.07 Å². The van der Waals surface area contributed by atoms with E-state index in [1.807, 2.05) is 24.3 Å². The lowest BCUT2D eigenvalue weighted by molar-refractivity contribution is 0.201. The molecule has 0 spiro atoms. The summed E-state index contributed by atoms with van der Waals surface area (Å²) in [6, 6.07) is 9.17. The van der Waals surface area contributed by atoms with Crippen molar-refractivity contribution in [3.63, 3.8) is 0 Å². The Morgan fingerprint density at radius 3 is 2.76 bits per heavy atom. The third kappa shape index (κ3) is 4.15. The Morgan fingerprint density at radius 1 is 1.47 bits per heavy atom. The highest BCUT2D eigenvalue weighted by Crippen LogP contribution is 2.25. The number of rotatable bonds is 2. The lowest BCUT2D eigenvalue weighted by Crippen LogP contribution is -2.27. The molecule has 0 aliphatic rings. The van der Waals surface area contributed by atoms with E-state index in [2.05, 4.69) is 26.1 Å². The van der Waals surface area contributed by atoms with Crippen molar-refractivity contribution in [1.82, 2.24) is 5.32 Å². The maximum atomic E-state index is 11.2. The Labute approximate surface area is 101 Å². The lowest BCUT2D eigenvalue weighted by Gasteiger charge is -2.19. The number of nitriles is 1. The maximum Gasteiger partial charge on any atom is 0.413 e. The fraction of sp³-hybridized carbons (Fsp3) is 0.385. The number of ether oxygens (including phenoxy) is 1. The van der Waals surface area contributed by atoms with Crippen LogP contribution in [0.15, 0.2) is 24.3 Å². The molecule has 1 rings (SSSR count). The topological polar surface area (TPSA) is 62.1 Å². The third-order valence-electron chi connectivity index (χ3n) is 2.22. The van der Waals surface area contributed by atoms with E-state index >= 15 is 0 Å². The second-order valence-electron chi connectivity index (χ2n) is 4.68. The summed E-state index contributed by atoms with van der Waals surface area (Å²) in [4.78, 5) is 11.2. The second kappa shape index (κ2) is 5.35. The van der Waals surface area contributed by atoms with E-state index in [0.717, 1.165) is 5.56 Å². The normalized spacial score (nSPS) is 10.5. The Bertz CT molecular complexity index is 441. The van der Waals surface area contributed by atoms with Crippen molar-refractivity contribution in [3.8, 4) is 11.8 Å². The van der Waals surface area contributed by atoms with Crippen LogP contribution in [0.4, 0.5) is 4.79 Å². The minimum Gasteiger partial charge on any atom is -0.410 e. The van der Waals surface area contributed by atoms with Gasteiger partial charge in [-0.05, 0) is 23.1 Å². The fourth-order valence-electron chi connectivity index (χ4n) is 1.28. The van der Waals surface area contributed by atoms with Crippen molar-refractivity contribution in [3.05, 3.63) is 29.8 Å². The Kier molecular flexibility index (Phi) is 4.11. The fourth-order valence-corrected chi connectivity index (χ4v) is 1.28. The summed E-state index contributed by atoms with van der Waals surface area (Å²) in [6.45, 7) is 6.20. The van der Waals surface area contributed by atoms with Gasteiger partial charge in [0.2, 0.25) is 0 Å². The summed E-state index contributed by atoms with van der Waals surface area (Å²) in [6.07, 6.45) is -0.613. The number of carbonyl (C=O) groups excluding carboxylic acids is 1. The third-order valence-corrected chi connectivity index (χ3v) is 2.22. The van der Waals surface area contributed by atoms with Crippen LogP contribution in [0.2, 0.25) is 0 Å². The van der Waals surface area contributed by atoms with Gasteiger partial charge in [-0.1, -0.05) is 32.9 Å². The molecule has 0 fully saturated rings. The quantitative estimate of drug-likeness (QED) is 0.797. The van der Waals surface area contributed by atoms with E-state index < -0.39 is 6.09 Å². The van der Waals surface area contributed by atoms with Gasteiger partial charge in [-0.15, -0.1) is 0 Å². The minimum atomic E-state index is -0.613. The molecule has 90 valence electrons. The Morgan fingerprint density at radius 2 is 2.18 bits per heavy atom. The molecule has 0 aliphatic heterocycles. The van der Waals surface area contributed by atoms with Crippen LogP contribution in [0.25, 0.3) is 0 Å². The molecule has 0 aromatic heterocycles. The predicted molar refractivity (Wildman–Crippen MR) is 64.8 cm³/mol. The number of hydrogen-bond acceptors (Lipinski definition) is 3. The van der Waals surface area contributed by atoms with Gasteiger partial charge in [0.15, 0.2) is 0 Å². The molecule has 4 nitrogen and oxygen atoms in total. The van der Waals surface area contributed by atoms with Gasteiger partial charge in [-0.3, -0.25) is 0 Å². The van der Waals surface area contributed by atoms with E-state index in [0.29, 0.717) is 5.75 Å². The zero-order valence-electron chi connectivity index (χ0n) is 10.3. The molecule has 4 heteroatoms. The smallest absolute Gasteiger partial charge is 0.410 e. The monoisotopic (exact) mass is 232 g/mol. The molecule has 0 saturated heterocycles. The van der Waals surface area contributed by atoms with Crippen LogP contribution in [0.5, 0.6) is 5.75 Å². The Balaban J connectivity index is 2.73. The summed E-state index contributed by atoms with van der Waals surface area (Å²) < 4.78 is 5.05. The van der Waals surface area contributed by atoms with Gasteiger partial charge >= 0.3 is 6.09 Å². The molecule has 1 N–H and O–H groups in total. The first-order valence-corrected chi connectivity index (χ1v) is 5.36. The highest BCUT2D eigenvalue weighted by molar-refractivity contribution is 5.70. The number of benzene rings is 1. The molecule has 1 aromatic carbocycles. The van der Waals surface area contributed by atoms with E-state index in [-0.39, 0.29) is 12.0 Å². The molecule has 0 aliphatic carbocycles. The molecule has 17 heavy (non-hydrogen) atoms. The first-order chi connectivity index (χ1) is 7.93. The van der Waals surface area contributed by atoms with Gasteiger partial charge in [0.1, 0.15) is 12.3 Å². The van der Waals surface area contributed by atoms with Crippen LogP contribution < -0.4 is 10.1 Å². The van der Waals surface area contributed by atoms with Crippen LogP contribution >= 0.6 is 0 Å². The van der Waals surface area contributed by atoms with Gasteiger partial charge in [0.05, 0.1) is 6.07 Å². The van der Waals surface area contributed by atoms with Gasteiger partial charge in [-0.2, -0.15) is 5.26 Å². The standard InChI is InChI=1S/C13H16N2O2/c1-13(2,3)10-5-4-6-11(9-10)17-12(16)15-8-7-14/h4-6,9H,8H2,1-3H3,(H,15,16). The van der Waals surface area contributed by atoms with E-state index in [9.17, 15) is 4.79 Å². The van der Waals surface area contributed by atoms with Crippen molar-refractivity contribution >= 4 is 6.09 Å². The molecule has 0 heterocycles. The Hall–Kier alpha value is -2.02. The molecular weight excluding hydrogens is 216 g/mol. The molecule has 0 unspecified atom stereocenters. The van der Waals surface area contributed by atoms with Gasteiger partial charge in [-0.25, -0.2) is 4.79 Å². The van der Waals surface area contributed by atoms with Crippen molar-refractivity contribution < 1.29 is 9.53 Å². The summed E-state index contributed by atoms with van der Waals surface area (Å²) in [5.41, 5.74) is 1.09. The maximum absolute atomic E-state index is 11.2. The van der Waals surface area contributed by atoms with Gasteiger partial charge < -0.3 is 10.1 Å². The highest BCUT2D eigenvalue weighted by atomic mass is 16.5. The van der Waals surface area contributed by atoms with Crippen LogP contribution in [-0.2, 0) is 5.41 Å². The van der Waals surface area contributed by atoms with Crippen molar-refractivity contribution in [2.75, 3.05) is 6.54 Å². The van der Waals surface area contributed by atoms with Crippen molar-refractivity contribution in [2.45, 2.75) is 26.2 Å². The minimum absolute atomic E-state index is 0.00248. The van der Waals surface area contributed by atoms with Crippen LogP contribution in [0.1, 0.15) is 26.3 Å². The number of hydrogen-bond donors (Lipinski definition) is 1. The highest BCUT2D eigenvalue weighted by Gasteiger charge is 2.14. The zero-order chi connectivity index (χ0) is 12.9. The number of amides is 1. The molecule has 0 atom stereocenters. The summed E-state index contributed by atoms with van der Waals surface area (Å²) in [7, 11) is 0. The van der Waals surface area contributed by atoms with Crippen LogP contribution in [-0.4, -0.2) is 12.6 Å². The van der Waals surface area contributed by atoms with E-state index in [1.165, 1.54) is 0 Å². The number of nitrogens with one attached hydrogen (secondary N) is 1. The predicted octanol–water partition coefficient (Wildman–Crippen LogP) is 2.60. The van der Waals surface area contributed by atoms with Gasteiger partial charge in [0.25, 0.3) is 0 Å². The van der Waals surface area contributed by atoms with E-state index in [4.69, 9.17) is 10.00 Å². The molecule has 1 amide bonds. The average molecular weight is 232 g/mol. The number of carbonyl (C=O) groups is 1. The van der Waals surface area contributed by atoms with Gasteiger partial charge in [0, 0.05) is 0 Å². The summed E-state index contributed by atoms with van der Waals surface area (Å²) >= 11 is 0. The van der Waals surface area contributed by atoms with Crippen LogP contribution in [0, 0.1) is 11.3 Å². The first kappa shape index (κ1) is 13.0. The summed E-state index contributed by atoms with van der Waals surface area (Å²) in [5.74, 6) is 0.480. The van der Waals surface area contributed by atoms with Crippen molar-refractivity contribution in [2.24, 2.45) is 0 Å². The van der Waals surface area contributed by atoms with Crippen molar-refractivity contribution in [1.29, 1.82) is 5.26 Å². The molecule has 0 radical (unpaired) electrons.